The molecule has 0 aliphatic carbocycles. The van der Waals surface area contributed by atoms with Crippen LogP contribution in [0.3, 0.4) is 0 Å². The number of ether oxygens (including phenoxy) is 2. The Morgan fingerprint density at radius 2 is 2.00 bits per heavy atom. The second-order valence-corrected chi connectivity index (χ2v) is 5.69. The quantitative estimate of drug-likeness (QED) is 0.761. The van der Waals surface area contributed by atoms with Crippen molar-refractivity contribution in [2.75, 3.05) is 27.5 Å². The molecule has 4 nitrogen and oxygen atoms in total. The number of hydrogen-bond acceptors (Lipinski definition) is 5. The molecule has 1 heterocycles. The highest BCUT2D eigenvalue weighted by Gasteiger charge is 2.09. The van der Waals surface area contributed by atoms with Crippen LogP contribution in [-0.2, 0) is 6.54 Å². The van der Waals surface area contributed by atoms with Crippen LogP contribution in [0.15, 0.2) is 41.6 Å². The Kier molecular flexibility index (Phi) is 5.47. The number of methoxy groups -OCH3 is 1. The van der Waals surface area contributed by atoms with Crippen LogP contribution < -0.4 is 9.47 Å². The summed E-state index contributed by atoms with van der Waals surface area (Å²) in [5.74, 6) is 2.40. The number of pyridine rings is 1. The fourth-order valence-corrected chi connectivity index (χ4v) is 2.53. The standard InChI is InChI=1S/C16H20N2O2S/c1-18(2)11-12-10-17-8-7-14(12)20-13-5-6-16(21-4)15(9-13)19-3/h5-10H,11H2,1-4H3. The van der Waals surface area contributed by atoms with Gasteiger partial charge >= 0.3 is 0 Å². The van der Waals surface area contributed by atoms with Crippen molar-refractivity contribution in [1.29, 1.82) is 0 Å². The molecule has 0 unspecified atom stereocenters. The van der Waals surface area contributed by atoms with Crippen molar-refractivity contribution in [3.63, 3.8) is 0 Å². The fraction of sp³-hybridized carbons (Fsp3) is 0.312. The Hall–Kier alpha value is -1.72. The van der Waals surface area contributed by atoms with Gasteiger partial charge in [-0.05, 0) is 38.6 Å². The molecule has 0 spiro atoms. The SMILES string of the molecule is COc1cc(Oc2ccncc2CN(C)C)ccc1SC. The molecule has 0 fully saturated rings. The van der Waals surface area contributed by atoms with Gasteiger partial charge in [-0.1, -0.05) is 0 Å². The van der Waals surface area contributed by atoms with Crippen LogP contribution in [-0.4, -0.2) is 37.3 Å². The first-order valence-corrected chi connectivity index (χ1v) is 7.84. The summed E-state index contributed by atoms with van der Waals surface area (Å²) in [5, 5.41) is 0. The number of thioether (sulfide) groups is 1. The van der Waals surface area contributed by atoms with E-state index in [-0.39, 0.29) is 0 Å². The van der Waals surface area contributed by atoms with Crippen LogP contribution in [0.25, 0.3) is 0 Å². The smallest absolute Gasteiger partial charge is 0.136 e. The molecule has 5 heteroatoms. The average molecular weight is 304 g/mol. The van der Waals surface area contributed by atoms with E-state index in [0.29, 0.717) is 0 Å². The van der Waals surface area contributed by atoms with Gasteiger partial charge in [0.05, 0.1) is 7.11 Å². The summed E-state index contributed by atoms with van der Waals surface area (Å²) in [7, 11) is 5.71. The number of benzene rings is 1. The van der Waals surface area contributed by atoms with Crippen molar-refractivity contribution in [3.8, 4) is 17.2 Å². The van der Waals surface area contributed by atoms with Gasteiger partial charge in [-0.25, -0.2) is 0 Å². The van der Waals surface area contributed by atoms with Crippen molar-refractivity contribution in [1.82, 2.24) is 9.88 Å². The van der Waals surface area contributed by atoms with E-state index in [2.05, 4.69) is 9.88 Å². The van der Waals surface area contributed by atoms with Gasteiger partial charge in [0.25, 0.3) is 0 Å². The first-order valence-electron chi connectivity index (χ1n) is 6.61. The van der Waals surface area contributed by atoms with E-state index in [1.807, 2.05) is 50.8 Å². The topological polar surface area (TPSA) is 34.6 Å². The van der Waals surface area contributed by atoms with Crippen molar-refractivity contribution >= 4 is 11.8 Å². The first kappa shape index (κ1) is 15.7. The summed E-state index contributed by atoms with van der Waals surface area (Å²) < 4.78 is 11.4. The number of hydrogen-bond donors (Lipinski definition) is 0. The van der Waals surface area contributed by atoms with Gasteiger partial charge in [-0.2, -0.15) is 0 Å². The molecule has 0 saturated heterocycles. The molecule has 0 aliphatic heterocycles. The Morgan fingerprint density at radius 1 is 1.19 bits per heavy atom. The number of nitrogens with zero attached hydrogens (tertiary/aromatic N) is 2. The van der Waals surface area contributed by atoms with Gasteiger partial charge in [-0.3, -0.25) is 4.98 Å². The molecular formula is C16H20N2O2S. The van der Waals surface area contributed by atoms with Crippen LogP contribution in [0.1, 0.15) is 5.56 Å². The zero-order valence-corrected chi connectivity index (χ0v) is 13.6. The van der Waals surface area contributed by atoms with Crippen molar-refractivity contribution < 1.29 is 9.47 Å². The lowest BCUT2D eigenvalue weighted by Crippen LogP contribution is -2.11. The highest BCUT2D eigenvalue weighted by molar-refractivity contribution is 7.98. The third-order valence-corrected chi connectivity index (χ3v) is 3.71. The van der Waals surface area contributed by atoms with Gasteiger partial charge < -0.3 is 14.4 Å². The summed E-state index contributed by atoms with van der Waals surface area (Å²) >= 11 is 1.65. The van der Waals surface area contributed by atoms with Gasteiger partial charge in [0.1, 0.15) is 17.2 Å². The molecule has 112 valence electrons. The largest absolute Gasteiger partial charge is 0.495 e. The molecule has 0 amide bonds. The summed E-state index contributed by atoms with van der Waals surface area (Å²) in [5.41, 5.74) is 1.05. The average Bonchev–Trinajstić information content (AvgIpc) is 2.48. The van der Waals surface area contributed by atoms with Crippen LogP contribution >= 0.6 is 11.8 Å². The Bertz CT molecular complexity index is 603. The van der Waals surface area contributed by atoms with Crippen molar-refractivity contribution in [2.45, 2.75) is 11.4 Å². The zero-order chi connectivity index (χ0) is 15.2. The molecule has 0 aliphatic rings. The predicted octanol–water partition coefficient (Wildman–Crippen LogP) is 3.67. The molecule has 2 aromatic rings. The van der Waals surface area contributed by atoms with E-state index in [1.165, 1.54) is 0 Å². The number of rotatable bonds is 6. The van der Waals surface area contributed by atoms with Gasteiger partial charge in [0.2, 0.25) is 0 Å². The van der Waals surface area contributed by atoms with Crippen LogP contribution in [0.5, 0.6) is 17.2 Å². The van der Waals surface area contributed by atoms with E-state index in [0.717, 1.165) is 34.3 Å². The normalized spacial score (nSPS) is 10.7. The van der Waals surface area contributed by atoms with Crippen LogP contribution in [0, 0.1) is 0 Å². The third kappa shape index (κ3) is 4.12. The van der Waals surface area contributed by atoms with E-state index in [1.54, 1.807) is 25.1 Å². The maximum atomic E-state index is 6.00. The molecule has 1 aromatic heterocycles. The lowest BCUT2D eigenvalue weighted by atomic mass is 10.2. The third-order valence-electron chi connectivity index (χ3n) is 2.93. The molecule has 21 heavy (non-hydrogen) atoms. The fourth-order valence-electron chi connectivity index (χ4n) is 1.98. The maximum absolute atomic E-state index is 6.00. The molecule has 0 N–H and O–H groups in total. The molecule has 0 bridgehead atoms. The summed E-state index contributed by atoms with van der Waals surface area (Å²) in [6.07, 6.45) is 5.60. The maximum Gasteiger partial charge on any atom is 0.136 e. The number of aromatic nitrogens is 1. The molecule has 2 rings (SSSR count). The van der Waals surface area contributed by atoms with Crippen LogP contribution in [0.2, 0.25) is 0 Å². The Labute approximate surface area is 130 Å². The minimum atomic E-state index is 0.760. The van der Waals surface area contributed by atoms with Gasteiger partial charge in [0, 0.05) is 35.5 Å². The molecule has 0 atom stereocenters. The molecular weight excluding hydrogens is 284 g/mol. The summed E-state index contributed by atoms with van der Waals surface area (Å²) in [4.78, 5) is 7.34. The summed E-state index contributed by atoms with van der Waals surface area (Å²) in [6, 6.07) is 7.75. The monoisotopic (exact) mass is 304 g/mol. The van der Waals surface area contributed by atoms with E-state index >= 15 is 0 Å². The van der Waals surface area contributed by atoms with Crippen LogP contribution in [0.4, 0.5) is 0 Å². The molecule has 1 aromatic carbocycles. The Balaban J connectivity index is 2.26. The Morgan fingerprint density at radius 3 is 2.67 bits per heavy atom. The van der Waals surface area contributed by atoms with Gasteiger partial charge in [-0.15, -0.1) is 11.8 Å². The van der Waals surface area contributed by atoms with Crippen molar-refractivity contribution in [2.24, 2.45) is 0 Å². The second kappa shape index (κ2) is 7.33. The van der Waals surface area contributed by atoms with E-state index in [9.17, 15) is 0 Å². The first-order chi connectivity index (χ1) is 10.1. The predicted molar refractivity (Wildman–Crippen MR) is 86.5 cm³/mol. The van der Waals surface area contributed by atoms with Gasteiger partial charge in [0.15, 0.2) is 0 Å². The minimum absolute atomic E-state index is 0.760. The second-order valence-electron chi connectivity index (χ2n) is 4.84. The highest BCUT2D eigenvalue weighted by atomic mass is 32.2. The molecule has 0 saturated carbocycles. The lowest BCUT2D eigenvalue weighted by Gasteiger charge is -2.15. The molecule has 0 radical (unpaired) electrons. The van der Waals surface area contributed by atoms with E-state index < -0.39 is 0 Å². The highest BCUT2D eigenvalue weighted by Crippen LogP contribution is 2.34. The van der Waals surface area contributed by atoms with E-state index in [4.69, 9.17) is 9.47 Å². The zero-order valence-electron chi connectivity index (χ0n) is 12.8. The summed E-state index contributed by atoms with van der Waals surface area (Å²) in [6.45, 7) is 0.781. The van der Waals surface area contributed by atoms with Crippen molar-refractivity contribution in [3.05, 3.63) is 42.2 Å². The lowest BCUT2D eigenvalue weighted by molar-refractivity contribution is 0.384. The minimum Gasteiger partial charge on any atom is -0.495 e.